The van der Waals surface area contributed by atoms with Gasteiger partial charge in [0.2, 0.25) is 0 Å². The molecule has 2 N–H and O–H groups in total. The van der Waals surface area contributed by atoms with Crippen LogP contribution in [-0.2, 0) is 4.74 Å². The van der Waals surface area contributed by atoms with Gasteiger partial charge in [-0.1, -0.05) is 37.7 Å². The van der Waals surface area contributed by atoms with E-state index in [2.05, 4.69) is 22.2 Å². The molecule has 128 valence electrons. The molecule has 0 atom stereocenters. The number of anilines is 1. The Labute approximate surface area is 151 Å². The summed E-state index contributed by atoms with van der Waals surface area (Å²) in [6.45, 7) is 2.50. The van der Waals surface area contributed by atoms with E-state index in [1.807, 2.05) is 24.3 Å². The summed E-state index contributed by atoms with van der Waals surface area (Å²) in [4.78, 5) is 20.0. The first-order chi connectivity index (χ1) is 12.2. The third kappa shape index (κ3) is 4.22. The van der Waals surface area contributed by atoms with Crippen molar-refractivity contribution in [3.8, 4) is 0 Å². The lowest BCUT2D eigenvalue weighted by Crippen LogP contribution is -2.12. The number of ether oxygens (including phenoxy) is 1. The Kier molecular flexibility index (Phi) is 5.40. The van der Waals surface area contributed by atoms with E-state index in [0.29, 0.717) is 23.0 Å². The minimum Gasteiger partial charge on any atom is -0.462 e. The van der Waals surface area contributed by atoms with E-state index < -0.39 is 0 Å². The number of H-pyrrole nitrogens is 1. The molecule has 0 bridgehead atoms. The SMILES string of the molecule is CCCCOC(=O)c1ccc(NC(=S)c2nc3ccccc3[nH]2)cc1. The number of benzene rings is 2. The maximum Gasteiger partial charge on any atom is 0.338 e. The number of thiocarbonyl (C=S) groups is 1. The van der Waals surface area contributed by atoms with Crippen molar-refractivity contribution in [3.63, 3.8) is 0 Å². The molecule has 6 heteroatoms. The zero-order chi connectivity index (χ0) is 17.6. The van der Waals surface area contributed by atoms with E-state index in [1.165, 1.54) is 0 Å². The standard InChI is InChI=1S/C19H19N3O2S/c1-2-3-12-24-19(23)13-8-10-14(11-9-13)20-18(25)17-21-15-6-4-5-7-16(15)22-17/h4-11H,2-3,12H2,1H3,(H,20,25)(H,21,22). The molecule has 0 spiro atoms. The molecule has 0 aliphatic heterocycles. The lowest BCUT2D eigenvalue weighted by Gasteiger charge is -2.07. The van der Waals surface area contributed by atoms with Crippen LogP contribution in [0.4, 0.5) is 5.69 Å². The first-order valence-corrected chi connectivity index (χ1v) is 8.61. The van der Waals surface area contributed by atoms with Gasteiger partial charge in [-0.2, -0.15) is 0 Å². The average molecular weight is 353 g/mol. The molecule has 0 aliphatic carbocycles. The summed E-state index contributed by atoms with van der Waals surface area (Å²) in [5, 5.41) is 3.12. The van der Waals surface area contributed by atoms with Crippen LogP contribution >= 0.6 is 12.2 Å². The number of esters is 1. The van der Waals surface area contributed by atoms with Crippen LogP contribution in [0.1, 0.15) is 35.9 Å². The lowest BCUT2D eigenvalue weighted by molar-refractivity contribution is 0.0500. The molecule has 3 rings (SSSR count). The van der Waals surface area contributed by atoms with Crippen molar-refractivity contribution in [2.24, 2.45) is 0 Å². The number of hydrogen-bond acceptors (Lipinski definition) is 4. The Hall–Kier alpha value is -2.73. The summed E-state index contributed by atoms with van der Waals surface area (Å²) in [7, 11) is 0. The van der Waals surface area contributed by atoms with Crippen LogP contribution in [0.2, 0.25) is 0 Å². The largest absolute Gasteiger partial charge is 0.462 e. The van der Waals surface area contributed by atoms with E-state index in [-0.39, 0.29) is 5.97 Å². The average Bonchev–Trinajstić information content (AvgIpc) is 3.07. The van der Waals surface area contributed by atoms with Crippen LogP contribution in [0.25, 0.3) is 11.0 Å². The highest BCUT2D eigenvalue weighted by atomic mass is 32.1. The maximum absolute atomic E-state index is 11.9. The summed E-state index contributed by atoms with van der Waals surface area (Å²) < 4.78 is 5.19. The van der Waals surface area contributed by atoms with Crippen molar-refractivity contribution in [2.75, 3.05) is 11.9 Å². The number of hydrogen-bond donors (Lipinski definition) is 2. The monoisotopic (exact) mass is 353 g/mol. The molecule has 25 heavy (non-hydrogen) atoms. The Balaban J connectivity index is 1.64. The molecule has 0 saturated heterocycles. The summed E-state index contributed by atoms with van der Waals surface area (Å²) in [6.07, 6.45) is 1.87. The third-order valence-electron chi connectivity index (χ3n) is 3.71. The number of nitrogens with zero attached hydrogens (tertiary/aromatic N) is 1. The summed E-state index contributed by atoms with van der Waals surface area (Å²) in [5.74, 6) is 0.305. The number of imidazole rings is 1. The van der Waals surface area contributed by atoms with Crippen LogP contribution in [0.15, 0.2) is 48.5 Å². The number of aromatic amines is 1. The molecule has 0 fully saturated rings. The maximum atomic E-state index is 11.9. The molecule has 0 unspecified atom stereocenters. The van der Waals surface area contributed by atoms with Crippen LogP contribution in [0.5, 0.6) is 0 Å². The molecule has 2 aromatic carbocycles. The van der Waals surface area contributed by atoms with Gasteiger partial charge >= 0.3 is 5.97 Å². The van der Waals surface area contributed by atoms with E-state index >= 15 is 0 Å². The first-order valence-electron chi connectivity index (χ1n) is 8.20. The van der Waals surface area contributed by atoms with Gasteiger partial charge in [0.05, 0.1) is 23.2 Å². The van der Waals surface area contributed by atoms with Gasteiger partial charge in [-0.25, -0.2) is 9.78 Å². The minimum absolute atomic E-state index is 0.306. The van der Waals surface area contributed by atoms with Gasteiger partial charge in [0, 0.05) is 5.69 Å². The van der Waals surface area contributed by atoms with Crippen molar-refractivity contribution in [1.82, 2.24) is 9.97 Å². The van der Waals surface area contributed by atoms with E-state index in [4.69, 9.17) is 17.0 Å². The van der Waals surface area contributed by atoms with E-state index in [9.17, 15) is 4.79 Å². The number of unbranched alkanes of at least 4 members (excludes halogenated alkanes) is 1. The molecular formula is C19H19N3O2S. The fraction of sp³-hybridized carbons (Fsp3) is 0.211. The van der Waals surface area contributed by atoms with Crippen molar-refractivity contribution in [2.45, 2.75) is 19.8 Å². The van der Waals surface area contributed by atoms with Gasteiger partial charge in [0.15, 0.2) is 5.82 Å². The predicted molar refractivity (Wildman–Crippen MR) is 103 cm³/mol. The van der Waals surface area contributed by atoms with Crippen LogP contribution in [0.3, 0.4) is 0 Å². The lowest BCUT2D eigenvalue weighted by atomic mass is 10.2. The predicted octanol–water partition coefficient (Wildman–Crippen LogP) is 4.31. The van der Waals surface area contributed by atoms with Gasteiger partial charge in [0.1, 0.15) is 4.99 Å². The van der Waals surface area contributed by atoms with Crippen molar-refractivity contribution in [1.29, 1.82) is 0 Å². The molecule has 1 heterocycles. The Bertz CT molecular complexity index is 854. The molecule has 3 aromatic rings. The van der Waals surface area contributed by atoms with E-state index in [1.54, 1.807) is 24.3 Å². The number of para-hydroxylation sites is 2. The molecule has 0 aliphatic rings. The molecule has 1 aromatic heterocycles. The summed E-state index contributed by atoms with van der Waals surface area (Å²) >= 11 is 5.40. The highest BCUT2D eigenvalue weighted by Crippen LogP contribution is 2.15. The highest BCUT2D eigenvalue weighted by molar-refractivity contribution is 7.81. The first kappa shape index (κ1) is 17.1. The normalized spacial score (nSPS) is 10.6. The Morgan fingerprint density at radius 1 is 1.20 bits per heavy atom. The van der Waals surface area contributed by atoms with Crippen molar-refractivity contribution >= 4 is 39.9 Å². The second-order valence-corrected chi connectivity index (χ2v) is 6.03. The minimum atomic E-state index is -0.306. The molecule has 0 saturated carbocycles. The van der Waals surface area contributed by atoms with E-state index in [0.717, 1.165) is 29.6 Å². The fourth-order valence-corrected chi connectivity index (χ4v) is 2.55. The third-order valence-corrected chi connectivity index (χ3v) is 4.01. The van der Waals surface area contributed by atoms with Gasteiger partial charge in [0.25, 0.3) is 0 Å². The Morgan fingerprint density at radius 3 is 2.68 bits per heavy atom. The molecule has 0 radical (unpaired) electrons. The van der Waals surface area contributed by atoms with Crippen molar-refractivity contribution in [3.05, 3.63) is 59.9 Å². The number of aromatic nitrogens is 2. The van der Waals surface area contributed by atoms with Crippen LogP contribution < -0.4 is 5.32 Å². The fourth-order valence-electron chi connectivity index (χ4n) is 2.33. The zero-order valence-corrected chi connectivity index (χ0v) is 14.7. The Morgan fingerprint density at radius 2 is 1.96 bits per heavy atom. The van der Waals surface area contributed by atoms with Gasteiger partial charge in [-0.15, -0.1) is 0 Å². The van der Waals surface area contributed by atoms with Crippen molar-refractivity contribution < 1.29 is 9.53 Å². The topological polar surface area (TPSA) is 67.0 Å². The second-order valence-electron chi connectivity index (χ2n) is 5.62. The van der Waals surface area contributed by atoms with Crippen LogP contribution in [0, 0.1) is 0 Å². The molecule has 5 nitrogen and oxygen atoms in total. The number of carbonyl (C=O) groups is 1. The smallest absolute Gasteiger partial charge is 0.338 e. The molecule has 0 amide bonds. The van der Waals surface area contributed by atoms with Gasteiger partial charge < -0.3 is 15.0 Å². The number of nitrogens with one attached hydrogen (secondary N) is 2. The second kappa shape index (κ2) is 7.90. The molecular weight excluding hydrogens is 334 g/mol. The summed E-state index contributed by atoms with van der Waals surface area (Å²) in [5.41, 5.74) is 3.12. The van der Waals surface area contributed by atoms with Gasteiger partial charge in [-0.05, 0) is 42.8 Å². The van der Waals surface area contributed by atoms with Gasteiger partial charge in [-0.3, -0.25) is 0 Å². The quantitative estimate of drug-likeness (QED) is 0.393. The van der Waals surface area contributed by atoms with Crippen LogP contribution in [-0.4, -0.2) is 27.5 Å². The summed E-state index contributed by atoms with van der Waals surface area (Å²) in [6, 6.07) is 14.8. The highest BCUT2D eigenvalue weighted by Gasteiger charge is 2.10. The number of fused-ring (bicyclic) bond motifs is 1. The number of carbonyl (C=O) groups excluding carboxylic acids is 1. The number of rotatable bonds is 6. The zero-order valence-electron chi connectivity index (χ0n) is 13.9.